The number of anilines is 2. The molecule has 2 N–H and O–H groups in total. The van der Waals surface area contributed by atoms with Crippen molar-refractivity contribution in [1.29, 1.82) is 5.26 Å². The quantitative estimate of drug-likeness (QED) is 0.713. The number of hydrogen-bond donors (Lipinski definition) is 1. The average molecular weight is 399 g/mol. The third-order valence-corrected chi connectivity index (χ3v) is 5.10. The van der Waals surface area contributed by atoms with Gasteiger partial charge in [0.2, 0.25) is 5.95 Å². The molecule has 4 rings (SSSR count). The molecule has 1 saturated heterocycles. The van der Waals surface area contributed by atoms with Gasteiger partial charge in [-0.2, -0.15) is 15.3 Å². The van der Waals surface area contributed by atoms with Crippen LogP contribution in [0.15, 0.2) is 23.3 Å². The lowest BCUT2D eigenvalue weighted by Gasteiger charge is -2.42. The molecule has 3 aromatic heterocycles. The number of halogens is 1. The number of nitrogens with zero attached hydrogens (tertiary/aromatic N) is 7. The van der Waals surface area contributed by atoms with Crippen LogP contribution in [0.2, 0.25) is 5.02 Å². The number of hydrogen-bond acceptors (Lipinski definition) is 7. The van der Waals surface area contributed by atoms with Crippen molar-refractivity contribution in [2.45, 2.75) is 32.9 Å². The maximum atomic E-state index is 13.1. The van der Waals surface area contributed by atoms with E-state index in [1.54, 1.807) is 16.8 Å². The van der Waals surface area contributed by atoms with Crippen molar-refractivity contribution in [3.8, 4) is 6.07 Å². The molecule has 1 unspecified atom stereocenters. The second-order valence-corrected chi connectivity index (χ2v) is 7.61. The van der Waals surface area contributed by atoms with E-state index in [4.69, 9.17) is 17.3 Å². The Morgan fingerprint density at radius 1 is 1.46 bits per heavy atom. The SMILES string of the molecule is CC(C)Cn1c(C2CCN2c2nc(N)ncc2C#N)nn2ccc(Cl)c2c1=O. The molecule has 0 radical (unpaired) electrons. The summed E-state index contributed by atoms with van der Waals surface area (Å²) in [7, 11) is 0. The summed E-state index contributed by atoms with van der Waals surface area (Å²) in [4.78, 5) is 23.2. The number of fused-ring (bicyclic) bond motifs is 1. The van der Waals surface area contributed by atoms with Crippen molar-refractivity contribution < 1.29 is 0 Å². The van der Waals surface area contributed by atoms with Crippen LogP contribution in [-0.2, 0) is 6.54 Å². The molecule has 0 spiro atoms. The van der Waals surface area contributed by atoms with Crippen LogP contribution in [0.25, 0.3) is 5.52 Å². The third-order valence-electron chi connectivity index (χ3n) is 4.80. The first-order valence-electron chi connectivity index (χ1n) is 8.97. The van der Waals surface area contributed by atoms with Crippen LogP contribution in [0.5, 0.6) is 0 Å². The molecule has 1 aliphatic heterocycles. The highest BCUT2D eigenvalue weighted by atomic mass is 35.5. The van der Waals surface area contributed by atoms with E-state index < -0.39 is 0 Å². The van der Waals surface area contributed by atoms with E-state index in [1.165, 1.54) is 10.7 Å². The molecule has 0 aromatic carbocycles. The lowest BCUT2D eigenvalue weighted by Crippen LogP contribution is -2.46. The predicted molar refractivity (Wildman–Crippen MR) is 105 cm³/mol. The minimum absolute atomic E-state index is 0.0971. The summed E-state index contributed by atoms with van der Waals surface area (Å²) in [6.07, 6.45) is 3.87. The zero-order valence-corrected chi connectivity index (χ0v) is 16.3. The van der Waals surface area contributed by atoms with Crippen molar-refractivity contribution in [3.05, 3.63) is 45.2 Å². The fourth-order valence-corrected chi connectivity index (χ4v) is 3.68. The highest BCUT2D eigenvalue weighted by Gasteiger charge is 2.36. The minimum Gasteiger partial charge on any atom is -0.368 e. The number of rotatable bonds is 4. The van der Waals surface area contributed by atoms with Gasteiger partial charge in [-0.1, -0.05) is 25.4 Å². The molecular formula is C18H19ClN8O. The average Bonchev–Trinajstić information content (AvgIpc) is 2.98. The molecule has 1 aliphatic rings. The Balaban J connectivity index is 1.86. The van der Waals surface area contributed by atoms with E-state index >= 15 is 0 Å². The van der Waals surface area contributed by atoms with Crippen LogP contribution < -0.4 is 16.2 Å². The lowest BCUT2D eigenvalue weighted by molar-refractivity contribution is 0.386. The molecule has 0 bridgehead atoms. The van der Waals surface area contributed by atoms with E-state index in [0.29, 0.717) is 40.8 Å². The maximum absolute atomic E-state index is 13.1. The Labute approximate surface area is 166 Å². The van der Waals surface area contributed by atoms with Crippen molar-refractivity contribution in [1.82, 2.24) is 24.1 Å². The van der Waals surface area contributed by atoms with Gasteiger partial charge in [0.25, 0.3) is 5.56 Å². The first-order valence-corrected chi connectivity index (χ1v) is 9.35. The van der Waals surface area contributed by atoms with E-state index in [9.17, 15) is 10.1 Å². The second-order valence-electron chi connectivity index (χ2n) is 7.20. The highest BCUT2D eigenvalue weighted by Crippen LogP contribution is 2.37. The summed E-state index contributed by atoms with van der Waals surface area (Å²) in [6, 6.07) is 3.56. The van der Waals surface area contributed by atoms with Crippen molar-refractivity contribution in [3.63, 3.8) is 0 Å². The molecule has 4 heterocycles. The monoisotopic (exact) mass is 398 g/mol. The smallest absolute Gasteiger partial charge is 0.279 e. The van der Waals surface area contributed by atoms with Crippen LogP contribution in [0, 0.1) is 17.2 Å². The summed E-state index contributed by atoms with van der Waals surface area (Å²) in [6.45, 7) is 5.27. The fourth-order valence-electron chi connectivity index (χ4n) is 3.46. The van der Waals surface area contributed by atoms with Gasteiger partial charge in [0, 0.05) is 19.3 Å². The molecule has 10 heteroatoms. The van der Waals surface area contributed by atoms with Crippen LogP contribution in [0.1, 0.15) is 37.7 Å². The van der Waals surface area contributed by atoms with Gasteiger partial charge in [-0.25, -0.2) is 9.50 Å². The standard InChI is InChI=1S/C18H19ClN8O/c1-10(2)9-26-16(24-27-6-3-12(19)14(27)17(26)28)13-4-5-25(13)15-11(7-20)8-22-18(21)23-15/h3,6,8,10,13H,4-5,9H2,1-2H3,(H2,21,22,23). The molecule has 28 heavy (non-hydrogen) atoms. The van der Waals surface area contributed by atoms with Gasteiger partial charge in [0.05, 0.1) is 17.3 Å². The Kier molecular flexibility index (Phi) is 4.43. The topological polar surface area (TPSA) is 118 Å². The highest BCUT2D eigenvalue weighted by molar-refractivity contribution is 6.33. The lowest BCUT2D eigenvalue weighted by atomic mass is 10.0. The predicted octanol–water partition coefficient (Wildman–Crippen LogP) is 2.00. The van der Waals surface area contributed by atoms with E-state index in [1.807, 2.05) is 18.7 Å². The normalized spacial score (nSPS) is 16.4. The number of nitrogens with two attached hydrogens (primary N) is 1. The number of nitriles is 1. The molecular weight excluding hydrogens is 380 g/mol. The fraction of sp³-hybridized carbons (Fsp3) is 0.389. The summed E-state index contributed by atoms with van der Waals surface area (Å²) in [5.74, 6) is 1.42. The van der Waals surface area contributed by atoms with E-state index in [2.05, 4.69) is 21.1 Å². The summed E-state index contributed by atoms with van der Waals surface area (Å²) < 4.78 is 3.20. The summed E-state index contributed by atoms with van der Waals surface area (Å²) in [5.41, 5.74) is 6.25. The van der Waals surface area contributed by atoms with Gasteiger partial charge in [-0.3, -0.25) is 9.36 Å². The van der Waals surface area contributed by atoms with Gasteiger partial charge >= 0.3 is 0 Å². The molecule has 3 aromatic rings. The molecule has 0 aliphatic carbocycles. The minimum atomic E-state index is -0.196. The molecule has 0 saturated carbocycles. The zero-order valence-electron chi connectivity index (χ0n) is 15.5. The number of nitrogen functional groups attached to an aromatic ring is 1. The first-order chi connectivity index (χ1) is 13.4. The van der Waals surface area contributed by atoms with E-state index in [0.717, 1.165) is 6.42 Å². The Hall–Kier alpha value is -3.12. The van der Waals surface area contributed by atoms with Crippen molar-refractivity contribution in [2.75, 3.05) is 17.2 Å². The Bertz CT molecular complexity index is 1160. The van der Waals surface area contributed by atoms with Gasteiger partial charge in [0.15, 0.2) is 11.6 Å². The largest absolute Gasteiger partial charge is 0.368 e. The van der Waals surface area contributed by atoms with Crippen molar-refractivity contribution >= 4 is 28.9 Å². The van der Waals surface area contributed by atoms with Gasteiger partial charge in [-0.15, -0.1) is 0 Å². The van der Waals surface area contributed by atoms with E-state index in [-0.39, 0.29) is 23.5 Å². The Morgan fingerprint density at radius 3 is 2.89 bits per heavy atom. The number of aromatic nitrogens is 5. The van der Waals surface area contributed by atoms with Crippen molar-refractivity contribution in [2.24, 2.45) is 5.92 Å². The van der Waals surface area contributed by atoms with Gasteiger partial charge in [0.1, 0.15) is 17.1 Å². The maximum Gasteiger partial charge on any atom is 0.279 e. The van der Waals surface area contributed by atoms with Crippen LogP contribution >= 0.6 is 11.6 Å². The molecule has 9 nitrogen and oxygen atoms in total. The molecule has 1 fully saturated rings. The molecule has 0 amide bonds. The van der Waals surface area contributed by atoms with Crippen LogP contribution in [0.3, 0.4) is 0 Å². The first kappa shape index (κ1) is 18.3. The summed E-state index contributed by atoms with van der Waals surface area (Å²) in [5, 5.41) is 14.5. The Morgan fingerprint density at radius 2 is 2.25 bits per heavy atom. The van der Waals surface area contributed by atoms with Crippen LogP contribution in [-0.4, -0.2) is 30.7 Å². The summed E-state index contributed by atoms with van der Waals surface area (Å²) >= 11 is 6.20. The van der Waals surface area contributed by atoms with Gasteiger partial charge in [-0.05, 0) is 18.4 Å². The van der Waals surface area contributed by atoms with Gasteiger partial charge < -0.3 is 10.6 Å². The molecule has 1 atom stereocenters. The third kappa shape index (κ3) is 2.86. The zero-order chi connectivity index (χ0) is 20.0. The van der Waals surface area contributed by atoms with Crippen LogP contribution in [0.4, 0.5) is 11.8 Å². The molecule has 144 valence electrons. The second kappa shape index (κ2) is 6.80.